The smallest absolute Gasteiger partial charge is 0.228 e. The van der Waals surface area contributed by atoms with E-state index in [4.69, 9.17) is 4.74 Å². The van der Waals surface area contributed by atoms with Gasteiger partial charge in [0.25, 0.3) is 0 Å². The lowest BCUT2D eigenvalue weighted by Gasteiger charge is -2.37. The van der Waals surface area contributed by atoms with E-state index in [0.717, 1.165) is 30.4 Å². The highest BCUT2D eigenvalue weighted by atomic mass is 19.1. The number of carboxylic acid groups (broad SMARTS) is 1. The number of para-hydroxylation sites is 2. The van der Waals surface area contributed by atoms with Gasteiger partial charge >= 0.3 is 0 Å². The van der Waals surface area contributed by atoms with E-state index < -0.39 is 30.3 Å². The van der Waals surface area contributed by atoms with Gasteiger partial charge in [-0.2, -0.15) is 0 Å². The predicted molar refractivity (Wildman–Crippen MR) is 156 cm³/mol. The van der Waals surface area contributed by atoms with E-state index in [1.54, 1.807) is 29.2 Å². The fraction of sp³-hybridized carbons (Fsp3) is 0.324. The number of nitrogens with zero attached hydrogens (tertiary/aromatic N) is 1. The standard InChI is InChI=1S/C34H35FN2O5/c1-2-3-6-19-42-26-15-11-23(12-16-26)34-33-28(20-24(21-30(33)38)22-9-13-25(35)14-10-22)36-27-7-4-5-8-29(27)37(34)31(39)17-18-32(40)41/h4-5,7-16,20,24,33-34,36H,2-3,6,17-19,21H2,1H3,(H,40,41)/p-1/t24-,33-,34+/m1/s1. The van der Waals surface area contributed by atoms with E-state index in [-0.39, 0.29) is 30.4 Å². The maximum absolute atomic E-state index is 14.0. The van der Waals surface area contributed by atoms with E-state index in [0.29, 0.717) is 29.4 Å². The maximum Gasteiger partial charge on any atom is 0.228 e. The third kappa shape index (κ3) is 6.38. The summed E-state index contributed by atoms with van der Waals surface area (Å²) in [6, 6.07) is 20.1. The number of ketones is 1. The number of halogens is 1. The van der Waals surface area contributed by atoms with Crippen molar-refractivity contribution >= 4 is 29.0 Å². The molecule has 5 rings (SSSR count). The van der Waals surface area contributed by atoms with Crippen molar-refractivity contribution in [2.24, 2.45) is 5.92 Å². The zero-order valence-corrected chi connectivity index (χ0v) is 23.6. The van der Waals surface area contributed by atoms with Crippen molar-refractivity contribution in [3.63, 3.8) is 0 Å². The van der Waals surface area contributed by atoms with Crippen LogP contribution in [0.1, 0.15) is 68.5 Å². The summed E-state index contributed by atoms with van der Waals surface area (Å²) in [4.78, 5) is 40.7. The summed E-state index contributed by atoms with van der Waals surface area (Å²) in [5.74, 6) is -2.49. The molecule has 0 fully saturated rings. The molecule has 0 spiro atoms. The van der Waals surface area contributed by atoms with Gasteiger partial charge < -0.3 is 24.9 Å². The number of Topliss-reactive ketones (excluding diaryl/α,β-unsaturated/α-hetero) is 1. The van der Waals surface area contributed by atoms with Crippen molar-refractivity contribution in [2.75, 3.05) is 16.8 Å². The van der Waals surface area contributed by atoms with Crippen molar-refractivity contribution in [3.8, 4) is 5.75 Å². The number of carbonyl (C=O) groups is 3. The van der Waals surface area contributed by atoms with Crippen LogP contribution in [-0.4, -0.2) is 24.3 Å². The van der Waals surface area contributed by atoms with Gasteiger partial charge in [-0.05, 0) is 60.4 Å². The fourth-order valence-electron chi connectivity index (χ4n) is 5.79. The van der Waals surface area contributed by atoms with Crippen LogP contribution < -0.4 is 20.1 Å². The van der Waals surface area contributed by atoms with E-state index in [9.17, 15) is 23.9 Å². The summed E-state index contributed by atoms with van der Waals surface area (Å²) in [6.45, 7) is 2.73. The Morgan fingerprint density at radius 3 is 2.40 bits per heavy atom. The molecule has 0 saturated heterocycles. The number of rotatable bonds is 10. The summed E-state index contributed by atoms with van der Waals surface area (Å²) >= 11 is 0. The SMILES string of the molecule is CCCCCOc1ccc([C@H]2[C@H]3C(=O)C[C@H](c4ccc(F)cc4)C=C3Nc3ccccc3N2C(=O)CCC(=O)[O-])cc1. The first-order chi connectivity index (χ1) is 20.4. The normalized spacial score (nSPS) is 19.6. The molecule has 218 valence electrons. The van der Waals surface area contributed by atoms with E-state index in [2.05, 4.69) is 12.2 Å². The summed E-state index contributed by atoms with van der Waals surface area (Å²) in [7, 11) is 0. The van der Waals surface area contributed by atoms with Crippen LogP contribution in [0, 0.1) is 11.7 Å². The van der Waals surface area contributed by atoms with Crippen LogP contribution in [0.4, 0.5) is 15.8 Å². The number of fused-ring (bicyclic) bond motifs is 2. The molecule has 0 saturated carbocycles. The highest BCUT2D eigenvalue weighted by molar-refractivity contribution is 6.02. The Balaban J connectivity index is 1.59. The molecule has 7 nitrogen and oxygen atoms in total. The Labute approximate surface area is 245 Å². The molecule has 1 amide bonds. The zero-order valence-electron chi connectivity index (χ0n) is 23.6. The average molecular weight is 570 g/mol. The third-order valence-electron chi connectivity index (χ3n) is 7.87. The molecule has 2 aliphatic rings. The minimum atomic E-state index is -1.32. The van der Waals surface area contributed by atoms with Gasteiger partial charge in [-0.1, -0.05) is 62.2 Å². The number of allylic oxidation sites excluding steroid dienone is 1. The van der Waals surface area contributed by atoms with Gasteiger partial charge in [-0.25, -0.2) is 4.39 Å². The number of nitrogens with one attached hydrogen (secondary N) is 1. The molecule has 3 atom stereocenters. The second-order valence-corrected chi connectivity index (χ2v) is 10.8. The van der Waals surface area contributed by atoms with Crippen molar-refractivity contribution in [1.29, 1.82) is 0 Å². The molecule has 1 heterocycles. The van der Waals surface area contributed by atoms with E-state index in [1.807, 2.05) is 42.5 Å². The van der Waals surface area contributed by atoms with Crippen molar-refractivity contribution < 1.29 is 28.6 Å². The summed E-state index contributed by atoms with van der Waals surface area (Å²) in [5.41, 5.74) is 3.36. The van der Waals surface area contributed by atoms with Crippen LogP contribution in [0.25, 0.3) is 0 Å². The van der Waals surface area contributed by atoms with Gasteiger partial charge in [0.15, 0.2) is 0 Å². The maximum atomic E-state index is 14.0. The monoisotopic (exact) mass is 569 g/mol. The predicted octanol–water partition coefficient (Wildman–Crippen LogP) is 5.68. The molecule has 1 aliphatic carbocycles. The molecule has 42 heavy (non-hydrogen) atoms. The minimum absolute atomic E-state index is 0.0790. The molecule has 1 aliphatic heterocycles. The Kier molecular flexibility index (Phi) is 9.00. The van der Waals surface area contributed by atoms with Crippen molar-refractivity contribution in [2.45, 2.75) is 57.4 Å². The van der Waals surface area contributed by atoms with Gasteiger partial charge in [0, 0.05) is 30.4 Å². The topological polar surface area (TPSA) is 98.8 Å². The second kappa shape index (κ2) is 13.0. The summed E-state index contributed by atoms with van der Waals surface area (Å²) in [6.07, 6.45) is 4.57. The average Bonchev–Trinajstić information content (AvgIpc) is 3.13. The minimum Gasteiger partial charge on any atom is -0.550 e. The Morgan fingerprint density at radius 2 is 1.69 bits per heavy atom. The number of benzene rings is 3. The van der Waals surface area contributed by atoms with E-state index >= 15 is 0 Å². The molecule has 0 unspecified atom stereocenters. The van der Waals surface area contributed by atoms with Gasteiger partial charge in [0.1, 0.15) is 17.3 Å². The highest BCUT2D eigenvalue weighted by Crippen LogP contribution is 2.48. The zero-order chi connectivity index (χ0) is 29.6. The molecule has 0 bridgehead atoms. The van der Waals surface area contributed by atoms with Crippen molar-refractivity contribution in [3.05, 3.63) is 102 Å². The van der Waals surface area contributed by atoms with Crippen LogP contribution >= 0.6 is 0 Å². The van der Waals surface area contributed by atoms with Gasteiger partial charge in [0.05, 0.1) is 29.9 Å². The fourth-order valence-corrected chi connectivity index (χ4v) is 5.79. The lowest BCUT2D eigenvalue weighted by Crippen LogP contribution is -2.43. The number of hydrogen-bond acceptors (Lipinski definition) is 6. The number of carboxylic acids is 1. The number of amides is 1. The Bertz CT molecular complexity index is 1470. The molecule has 3 aromatic rings. The molecular formula is C34H34FN2O5-. The largest absolute Gasteiger partial charge is 0.550 e. The Hall–Kier alpha value is -4.46. The first-order valence-corrected chi connectivity index (χ1v) is 14.5. The molecule has 3 aromatic carbocycles. The van der Waals surface area contributed by atoms with Gasteiger partial charge in [-0.15, -0.1) is 0 Å². The molecule has 1 N–H and O–H groups in total. The lowest BCUT2D eigenvalue weighted by atomic mass is 9.76. The quantitative estimate of drug-likeness (QED) is 0.316. The first-order valence-electron chi connectivity index (χ1n) is 14.5. The molecule has 0 radical (unpaired) electrons. The van der Waals surface area contributed by atoms with Gasteiger partial charge in [-0.3, -0.25) is 9.59 Å². The van der Waals surface area contributed by atoms with Crippen LogP contribution in [-0.2, 0) is 14.4 Å². The van der Waals surface area contributed by atoms with Gasteiger partial charge in [0.2, 0.25) is 5.91 Å². The number of ether oxygens (including phenoxy) is 1. The van der Waals surface area contributed by atoms with Crippen molar-refractivity contribution in [1.82, 2.24) is 0 Å². The molecule has 8 heteroatoms. The van der Waals surface area contributed by atoms with Crippen LogP contribution in [0.2, 0.25) is 0 Å². The Morgan fingerprint density at radius 1 is 0.976 bits per heavy atom. The summed E-state index contributed by atoms with van der Waals surface area (Å²) < 4.78 is 19.5. The molecule has 0 aromatic heterocycles. The number of carbonyl (C=O) groups excluding carboxylic acids is 3. The van der Waals surface area contributed by atoms with Crippen LogP contribution in [0.5, 0.6) is 5.75 Å². The van der Waals surface area contributed by atoms with Crippen LogP contribution in [0.3, 0.4) is 0 Å². The number of unbranched alkanes of at least 4 members (excludes halogenated alkanes) is 2. The number of anilines is 2. The lowest BCUT2D eigenvalue weighted by molar-refractivity contribution is -0.305. The molecular weight excluding hydrogens is 535 g/mol. The highest BCUT2D eigenvalue weighted by Gasteiger charge is 2.44. The second-order valence-electron chi connectivity index (χ2n) is 10.8. The first kappa shape index (κ1) is 29.0. The van der Waals surface area contributed by atoms with Crippen LogP contribution in [0.15, 0.2) is 84.6 Å². The van der Waals surface area contributed by atoms with E-state index in [1.165, 1.54) is 12.1 Å². The number of aliphatic carboxylic acids is 1. The number of hydrogen-bond donors (Lipinski definition) is 1. The summed E-state index contributed by atoms with van der Waals surface area (Å²) in [5, 5.41) is 14.7. The third-order valence-corrected chi connectivity index (χ3v) is 7.87.